The maximum atomic E-state index is 13.2. The molecular formula is C19H20N4O. The number of benzene rings is 2. The van der Waals surface area contributed by atoms with Gasteiger partial charge in [-0.2, -0.15) is 5.10 Å². The van der Waals surface area contributed by atoms with E-state index < -0.39 is 0 Å². The number of hydrogen-bond acceptors (Lipinski definition) is 3. The van der Waals surface area contributed by atoms with Crippen LogP contribution in [0.25, 0.3) is 0 Å². The van der Waals surface area contributed by atoms with E-state index in [1.54, 1.807) is 9.58 Å². The number of nitrogen functional groups attached to an aromatic ring is 1. The van der Waals surface area contributed by atoms with E-state index in [0.717, 1.165) is 11.3 Å². The number of nitrogens with two attached hydrogens (primary N) is 1. The Morgan fingerprint density at radius 2 is 1.71 bits per heavy atom. The molecule has 0 bridgehead atoms. The van der Waals surface area contributed by atoms with Crippen LogP contribution >= 0.6 is 0 Å². The zero-order valence-electron chi connectivity index (χ0n) is 13.6. The van der Waals surface area contributed by atoms with Gasteiger partial charge in [-0.05, 0) is 24.6 Å². The average molecular weight is 320 g/mol. The summed E-state index contributed by atoms with van der Waals surface area (Å²) in [4.78, 5) is 14.9. The molecule has 0 aliphatic heterocycles. The highest BCUT2D eigenvalue weighted by atomic mass is 16.2. The fraction of sp³-hybridized carbons (Fsp3) is 0.158. The number of anilines is 2. The second-order valence-electron chi connectivity index (χ2n) is 5.48. The van der Waals surface area contributed by atoms with Gasteiger partial charge >= 0.3 is 0 Å². The summed E-state index contributed by atoms with van der Waals surface area (Å²) < 4.78 is 1.64. The summed E-state index contributed by atoms with van der Waals surface area (Å²) in [6.07, 6.45) is 1.53. The molecule has 0 saturated carbocycles. The van der Waals surface area contributed by atoms with E-state index in [1.165, 1.54) is 6.20 Å². The van der Waals surface area contributed by atoms with Crippen molar-refractivity contribution in [3.05, 3.63) is 78.1 Å². The van der Waals surface area contributed by atoms with Crippen LogP contribution in [0.4, 0.5) is 11.4 Å². The molecule has 0 radical (unpaired) electrons. The van der Waals surface area contributed by atoms with Crippen LogP contribution in [-0.2, 0) is 13.1 Å². The Labute approximate surface area is 141 Å². The molecule has 0 saturated heterocycles. The third-order valence-electron chi connectivity index (χ3n) is 3.87. The standard InChI is InChI=1S/C19H20N4O/c1-2-23-18(17(20)13-21-23)19(24)22(16-11-7-4-8-12-16)14-15-9-5-3-6-10-15/h3-13H,2,14,20H2,1H3. The van der Waals surface area contributed by atoms with Crippen LogP contribution in [0.3, 0.4) is 0 Å². The van der Waals surface area contributed by atoms with Gasteiger partial charge in [-0.25, -0.2) is 0 Å². The minimum atomic E-state index is -0.151. The van der Waals surface area contributed by atoms with Crippen molar-refractivity contribution in [3.8, 4) is 0 Å². The quantitative estimate of drug-likeness (QED) is 0.784. The fourth-order valence-electron chi connectivity index (χ4n) is 2.66. The summed E-state index contributed by atoms with van der Waals surface area (Å²) in [6, 6.07) is 19.5. The molecule has 2 aromatic carbocycles. The first kappa shape index (κ1) is 15.8. The molecule has 3 rings (SSSR count). The topological polar surface area (TPSA) is 64.2 Å². The molecule has 0 unspecified atom stereocenters. The van der Waals surface area contributed by atoms with Crippen LogP contribution in [0.15, 0.2) is 66.9 Å². The van der Waals surface area contributed by atoms with Crippen molar-refractivity contribution >= 4 is 17.3 Å². The Morgan fingerprint density at radius 3 is 2.33 bits per heavy atom. The number of rotatable bonds is 5. The molecule has 2 N–H and O–H groups in total. The number of para-hydroxylation sites is 1. The number of aryl methyl sites for hydroxylation is 1. The number of carbonyl (C=O) groups is 1. The second-order valence-corrected chi connectivity index (χ2v) is 5.48. The first-order valence-electron chi connectivity index (χ1n) is 7.92. The lowest BCUT2D eigenvalue weighted by atomic mass is 10.1. The molecule has 0 spiro atoms. The zero-order valence-corrected chi connectivity index (χ0v) is 13.6. The summed E-state index contributed by atoms with van der Waals surface area (Å²) in [7, 11) is 0. The lowest BCUT2D eigenvalue weighted by molar-refractivity contribution is 0.0975. The van der Waals surface area contributed by atoms with Crippen LogP contribution in [0.2, 0.25) is 0 Å². The number of hydrogen-bond donors (Lipinski definition) is 1. The van der Waals surface area contributed by atoms with Gasteiger partial charge in [-0.15, -0.1) is 0 Å². The molecule has 1 aromatic heterocycles. The molecule has 0 aliphatic carbocycles. The smallest absolute Gasteiger partial charge is 0.278 e. The lowest BCUT2D eigenvalue weighted by Crippen LogP contribution is -2.32. The van der Waals surface area contributed by atoms with Crippen LogP contribution in [0.1, 0.15) is 23.0 Å². The van der Waals surface area contributed by atoms with E-state index in [-0.39, 0.29) is 5.91 Å². The first-order valence-corrected chi connectivity index (χ1v) is 7.92. The number of nitrogens with zero attached hydrogens (tertiary/aromatic N) is 3. The Bertz CT molecular complexity index is 812. The Kier molecular flexibility index (Phi) is 4.61. The summed E-state index contributed by atoms with van der Waals surface area (Å²) in [5, 5.41) is 4.18. The van der Waals surface area contributed by atoms with Gasteiger partial charge in [0.1, 0.15) is 5.69 Å². The van der Waals surface area contributed by atoms with Gasteiger partial charge in [0.25, 0.3) is 5.91 Å². The van der Waals surface area contributed by atoms with Crippen molar-refractivity contribution in [2.24, 2.45) is 0 Å². The van der Waals surface area contributed by atoms with Crippen molar-refractivity contribution in [1.82, 2.24) is 9.78 Å². The average Bonchev–Trinajstić information content (AvgIpc) is 3.01. The SMILES string of the molecule is CCn1ncc(N)c1C(=O)N(Cc1ccccc1)c1ccccc1. The van der Waals surface area contributed by atoms with Crippen LogP contribution in [0.5, 0.6) is 0 Å². The largest absolute Gasteiger partial charge is 0.396 e. The summed E-state index contributed by atoms with van der Waals surface area (Å²) >= 11 is 0. The molecule has 5 heteroatoms. The van der Waals surface area contributed by atoms with Gasteiger partial charge in [-0.1, -0.05) is 48.5 Å². The van der Waals surface area contributed by atoms with Crippen LogP contribution < -0.4 is 10.6 Å². The number of amides is 1. The summed E-state index contributed by atoms with van der Waals surface area (Å²) in [5.74, 6) is -0.151. The van der Waals surface area contributed by atoms with Crippen molar-refractivity contribution in [2.75, 3.05) is 10.6 Å². The van der Waals surface area contributed by atoms with E-state index in [9.17, 15) is 4.79 Å². The van der Waals surface area contributed by atoms with E-state index in [0.29, 0.717) is 24.5 Å². The molecule has 122 valence electrons. The van der Waals surface area contributed by atoms with Gasteiger partial charge in [-0.3, -0.25) is 9.48 Å². The van der Waals surface area contributed by atoms with Gasteiger partial charge < -0.3 is 10.6 Å². The van der Waals surface area contributed by atoms with E-state index in [2.05, 4.69) is 5.10 Å². The fourth-order valence-corrected chi connectivity index (χ4v) is 2.66. The highest BCUT2D eigenvalue weighted by molar-refractivity contribution is 6.08. The molecule has 0 fully saturated rings. The second kappa shape index (κ2) is 7.00. The molecule has 5 nitrogen and oxygen atoms in total. The molecule has 24 heavy (non-hydrogen) atoms. The third kappa shape index (κ3) is 3.15. The summed E-state index contributed by atoms with van der Waals surface area (Å²) in [6.45, 7) is 3.00. The van der Waals surface area contributed by atoms with Crippen LogP contribution in [0, 0.1) is 0 Å². The molecular weight excluding hydrogens is 300 g/mol. The van der Waals surface area contributed by atoms with Gasteiger partial charge in [0.05, 0.1) is 18.4 Å². The highest BCUT2D eigenvalue weighted by Gasteiger charge is 2.24. The Hall–Kier alpha value is -3.08. The third-order valence-corrected chi connectivity index (χ3v) is 3.87. The normalized spacial score (nSPS) is 10.5. The molecule has 0 atom stereocenters. The number of carbonyl (C=O) groups excluding carboxylic acids is 1. The van der Waals surface area contributed by atoms with Gasteiger partial charge in [0, 0.05) is 12.2 Å². The molecule has 3 aromatic rings. The molecule has 1 heterocycles. The zero-order chi connectivity index (χ0) is 16.9. The van der Waals surface area contributed by atoms with Crippen molar-refractivity contribution in [1.29, 1.82) is 0 Å². The Balaban J connectivity index is 2.01. The molecule has 1 amide bonds. The predicted octanol–water partition coefficient (Wildman–Crippen LogP) is 3.33. The minimum absolute atomic E-state index is 0.151. The maximum absolute atomic E-state index is 13.2. The minimum Gasteiger partial charge on any atom is -0.396 e. The molecule has 0 aliphatic rings. The van der Waals surface area contributed by atoms with E-state index in [1.807, 2.05) is 67.6 Å². The first-order chi connectivity index (χ1) is 11.7. The Morgan fingerprint density at radius 1 is 1.08 bits per heavy atom. The van der Waals surface area contributed by atoms with E-state index in [4.69, 9.17) is 5.73 Å². The summed E-state index contributed by atoms with van der Waals surface area (Å²) in [5.41, 5.74) is 8.70. The van der Waals surface area contributed by atoms with Crippen molar-refractivity contribution < 1.29 is 4.79 Å². The number of aromatic nitrogens is 2. The lowest BCUT2D eigenvalue weighted by Gasteiger charge is -2.23. The predicted molar refractivity (Wildman–Crippen MR) is 95.7 cm³/mol. The van der Waals surface area contributed by atoms with Crippen LogP contribution in [-0.4, -0.2) is 15.7 Å². The highest BCUT2D eigenvalue weighted by Crippen LogP contribution is 2.22. The van der Waals surface area contributed by atoms with Crippen molar-refractivity contribution in [2.45, 2.75) is 20.0 Å². The van der Waals surface area contributed by atoms with E-state index >= 15 is 0 Å². The van der Waals surface area contributed by atoms with Gasteiger partial charge in [0.2, 0.25) is 0 Å². The monoisotopic (exact) mass is 320 g/mol. The van der Waals surface area contributed by atoms with Crippen molar-refractivity contribution in [3.63, 3.8) is 0 Å². The maximum Gasteiger partial charge on any atom is 0.278 e. The van der Waals surface area contributed by atoms with Gasteiger partial charge in [0.15, 0.2) is 0 Å².